The van der Waals surface area contributed by atoms with Crippen LogP contribution in [0, 0.1) is 0 Å². The van der Waals surface area contributed by atoms with Gasteiger partial charge in [-0.15, -0.1) is 0 Å². The van der Waals surface area contributed by atoms with E-state index in [1.54, 1.807) is 0 Å². The maximum Gasteiger partial charge on any atom is 0.326 e. The van der Waals surface area contributed by atoms with E-state index < -0.39 is 5.54 Å². The van der Waals surface area contributed by atoms with E-state index in [9.17, 15) is 4.79 Å². The highest BCUT2D eigenvalue weighted by Crippen LogP contribution is 2.18. The third-order valence-electron chi connectivity index (χ3n) is 2.64. The molecule has 0 aromatic rings. The maximum atomic E-state index is 12.1. The molecule has 0 aliphatic carbocycles. The van der Waals surface area contributed by atoms with Crippen LogP contribution in [-0.2, 0) is 14.3 Å². The van der Waals surface area contributed by atoms with Gasteiger partial charge < -0.3 is 9.47 Å². The number of hydrogen-bond donors (Lipinski definition) is 1. The predicted molar refractivity (Wildman–Crippen MR) is 73.6 cm³/mol. The van der Waals surface area contributed by atoms with Crippen molar-refractivity contribution in [1.29, 1.82) is 0 Å². The van der Waals surface area contributed by atoms with Gasteiger partial charge in [-0.3, -0.25) is 10.1 Å². The first-order valence-corrected chi connectivity index (χ1v) is 6.92. The van der Waals surface area contributed by atoms with Crippen LogP contribution in [0.3, 0.4) is 0 Å². The molecule has 0 rings (SSSR count). The Morgan fingerprint density at radius 3 is 2.33 bits per heavy atom. The van der Waals surface area contributed by atoms with Gasteiger partial charge in [0.25, 0.3) is 0 Å². The van der Waals surface area contributed by atoms with Crippen molar-refractivity contribution in [1.82, 2.24) is 5.32 Å². The standard InChI is InChI=1S/C14H29NO3/c1-7-9-18-12(5)10-14(6,15-11(3)4)13(16)17-8-2/h11-12,15H,7-10H2,1-6H3. The fraction of sp³-hybridized carbons (Fsp3) is 0.929. The van der Waals surface area contributed by atoms with E-state index in [-0.39, 0.29) is 18.1 Å². The quantitative estimate of drug-likeness (QED) is 0.646. The lowest BCUT2D eigenvalue weighted by atomic mass is 9.93. The fourth-order valence-corrected chi connectivity index (χ4v) is 2.08. The van der Waals surface area contributed by atoms with E-state index >= 15 is 0 Å². The topological polar surface area (TPSA) is 47.6 Å². The van der Waals surface area contributed by atoms with E-state index in [1.165, 1.54) is 0 Å². The Bertz CT molecular complexity index is 243. The SMILES string of the molecule is CCCOC(C)CC(C)(NC(C)C)C(=O)OCC. The summed E-state index contributed by atoms with van der Waals surface area (Å²) in [5.41, 5.74) is -0.683. The first-order valence-electron chi connectivity index (χ1n) is 6.92. The Labute approximate surface area is 111 Å². The Morgan fingerprint density at radius 2 is 1.89 bits per heavy atom. The van der Waals surface area contributed by atoms with E-state index in [2.05, 4.69) is 12.2 Å². The minimum absolute atomic E-state index is 0.0330. The van der Waals surface area contributed by atoms with E-state index in [0.717, 1.165) is 13.0 Å². The van der Waals surface area contributed by atoms with Crippen LogP contribution in [0.15, 0.2) is 0 Å². The summed E-state index contributed by atoms with van der Waals surface area (Å²) >= 11 is 0. The van der Waals surface area contributed by atoms with Crippen molar-refractivity contribution in [3.05, 3.63) is 0 Å². The Hall–Kier alpha value is -0.610. The van der Waals surface area contributed by atoms with Crippen molar-refractivity contribution in [3.8, 4) is 0 Å². The Morgan fingerprint density at radius 1 is 1.28 bits per heavy atom. The largest absolute Gasteiger partial charge is 0.465 e. The molecule has 0 saturated carbocycles. The average molecular weight is 259 g/mol. The van der Waals surface area contributed by atoms with Crippen molar-refractivity contribution < 1.29 is 14.3 Å². The lowest BCUT2D eigenvalue weighted by Gasteiger charge is -2.32. The van der Waals surface area contributed by atoms with Gasteiger partial charge in [-0.25, -0.2) is 0 Å². The molecule has 0 aliphatic rings. The molecule has 2 unspecified atom stereocenters. The average Bonchev–Trinajstić information content (AvgIpc) is 2.25. The van der Waals surface area contributed by atoms with E-state index in [0.29, 0.717) is 13.0 Å². The van der Waals surface area contributed by atoms with Gasteiger partial charge in [-0.1, -0.05) is 6.92 Å². The van der Waals surface area contributed by atoms with Crippen LogP contribution < -0.4 is 5.32 Å². The van der Waals surface area contributed by atoms with Gasteiger partial charge in [0, 0.05) is 19.1 Å². The molecule has 0 spiro atoms. The molecular weight excluding hydrogens is 230 g/mol. The number of nitrogens with one attached hydrogen (secondary N) is 1. The molecule has 1 N–H and O–H groups in total. The number of carbonyl (C=O) groups is 1. The molecule has 0 heterocycles. The van der Waals surface area contributed by atoms with Gasteiger partial charge in [-0.05, 0) is 41.0 Å². The highest BCUT2D eigenvalue weighted by Gasteiger charge is 2.36. The smallest absolute Gasteiger partial charge is 0.326 e. The van der Waals surface area contributed by atoms with Crippen LogP contribution >= 0.6 is 0 Å². The van der Waals surface area contributed by atoms with E-state index in [4.69, 9.17) is 9.47 Å². The number of ether oxygens (including phenoxy) is 2. The molecule has 4 heteroatoms. The van der Waals surface area contributed by atoms with Crippen LogP contribution in [0.4, 0.5) is 0 Å². The molecule has 0 aromatic heterocycles. The Balaban J connectivity index is 4.60. The highest BCUT2D eigenvalue weighted by molar-refractivity contribution is 5.80. The predicted octanol–water partition coefficient (Wildman–Crippen LogP) is 2.51. The molecule has 18 heavy (non-hydrogen) atoms. The zero-order chi connectivity index (χ0) is 14.2. The monoisotopic (exact) mass is 259 g/mol. The lowest BCUT2D eigenvalue weighted by molar-refractivity contribution is -0.152. The summed E-state index contributed by atoms with van der Waals surface area (Å²) in [4.78, 5) is 12.1. The second-order valence-electron chi connectivity index (χ2n) is 5.24. The van der Waals surface area contributed by atoms with Gasteiger partial charge in [0.05, 0.1) is 12.7 Å². The zero-order valence-corrected chi connectivity index (χ0v) is 12.7. The van der Waals surface area contributed by atoms with Crippen LogP contribution in [-0.4, -0.2) is 36.9 Å². The van der Waals surface area contributed by atoms with Crippen LogP contribution in [0.5, 0.6) is 0 Å². The first-order chi connectivity index (χ1) is 8.35. The second-order valence-corrected chi connectivity index (χ2v) is 5.24. The molecule has 0 bridgehead atoms. The number of hydrogen-bond acceptors (Lipinski definition) is 4. The molecule has 0 aromatic carbocycles. The number of carbonyl (C=O) groups excluding carboxylic acids is 1. The number of esters is 1. The van der Waals surface area contributed by atoms with Gasteiger partial charge >= 0.3 is 5.97 Å². The van der Waals surface area contributed by atoms with E-state index in [1.807, 2.05) is 34.6 Å². The summed E-state index contributed by atoms with van der Waals surface area (Å²) < 4.78 is 10.8. The molecule has 0 amide bonds. The maximum absolute atomic E-state index is 12.1. The third kappa shape index (κ3) is 6.36. The summed E-state index contributed by atoms with van der Waals surface area (Å²) in [5.74, 6) is -0.203. The van der Waals surface area contributed by atoms with Crippen LogP contribution in [0.1, 0.15) is 54.4 Å². The zero-order valence-electron chi connectivity index (χ0n) is 12.7. The van der Waals surface area contributed by atoms with Crippen molar-refractivity contribution in [3.63, 3.8) is 0 Å². The minimum atomic E-state index is -0.683. The van der Waals surface area contributed by atoms with Crippen LogP contribution in [0.2, 0.25) is 0 Å². The second kappa shape index (κ2) is 8.48. The molecule has 0 aliphatic heterocycles. The summed E-state index contributed by atoms with van der Waals surface area (Å²) in [7, 11) is 0. The lowest BCUT2D eigenvalue weighted by Crippen LogP contribution is -2.54. The Kier molecular flexibility index (Phi) is 8.20. The van der Waals surface area contributed by atoms with Crippen molar-refractivity contribution in [2.45, 2.75) is 72.1 Å². The molecule has 108 valence electrons. The number of rotatable bonds is 9. The molecule has 2 atom stereocenters. The highest BCUT2D eigenvalue weighted by atomic mass is 16.5. The molecule has 0 fully saturated rings. The van der Waals surface area contributed by atoms with Crippen molar-refractivity contribution in [2.24, 2.45) is 0 Å². The van der Waals surface area contributed by atoms with Gasteiger partial charge in [0.15, 0.2) is 0 Å². The molecule has 0 radical (unpaired) electrons. The summed E-state index contributed by atoms with van der Waals surface area (Å²) in [6.45, 7) is 12.9. The van der Waals surface area contributed by atoms with Gasteiger partial charge in [0.2, 0.25) is 0 Å². The third-order valence-corrected chi connectivity index (χ3v) is 2.64. The summed E-state index contributed by atoms with van der Waals surface area (Å²) in [6, 6.07) is 0.220. The molecule has 4 nitrogen and oxygen atoms in total. The summed E-state index contributed by atoms with van der Waals surface area (Å²) in [6.07, 6.45) is 1.63. The van der Waals surface area contributed by atoms with Gasteiger partial charge in [0.1, 0.15) is 5.54 Å². The van der Waals surface area contributed by atoms with Gasteiger partial charge in [-0.2, -0.15) is 0 Å². The van der Waals surface area contributed by atoms with Crippen LogP contribution in [0.25, 0.3) is 0 Å². The first kappa shape index (κ1) is 17.4. The minimum Gasteiger partial charge on any atom is -0.465 e. The fourth-order valence-electron chi connectivity index (χ4n) is 2.08. The summed E-state index contributed by atoms with van der Waals surface area (Å²) in [5, 5.41) is 3.29. The molecular formula is C14H29NO3. The van der Waals surface area contributed by atoms with Crippen molar-refractivity contribution in [2.75, 3.05) is 13.2 Å². The normalized spacial score (nSPS) is 16.4. The molecule has 0 saturated heterocycles. The van der Waals surface area contributed by atoms with Crippen molar-refractivity contribution >= 4 is 5.97 Å².